The minimum Gasteiger partial charge on any atom is -0.467 e. The summed E-state index contributed by atoms with van der Waals surface area (Å²) >= 11 is 12.6. The predicted octanol–water partition coefficient (Wildman–Crippen LogP) is 5.78. The number of hydrogen-bond acceptors (Lipinski definition) is 9. The minimum absolute atomic E-state index is 0.0134. The summed E-state index contributed by atoms with van der Waals surface area (Å²) in [5.41, 5.74) is 2.55. The molecule has 0 bridgehead atoms. The molecule has 212 valence electrons. The number of methoxy groups -OCH3 is 1. The highest BCUT2D eigenvalue weighted by molar-refractivity contribution is 6.35. The lowest BCUT2D eigenvalue weighted by Crippen LogP contribution is -2.37. The number of benzene rings is 1. The van der Waals surface area contributed by atoms with Gasteiger partial charge in [-0.15, -0.1) is 0 Å². The largest absolute Gasteiger partial charge is 0.467 e. The lowest BCUT2D eigenvalue weighted by molar-refractivity contribution is -0.149. The van der Waals surface area contributed by atoms with E-state index >= 15 is 0 Å². The number of aromatic nitrogens is 3. The van der Waals surface area contributed by atoms with Gasteiger partial charge in [-0.25, -0.2) is 19.7 Å². The standard InChI is InChI=1S/C29H33Cl2N5O4/c1-38-28(37)19-39-24-5-9-35(10-6-24)18-20-11-26(21-13-22(30)15-23(31)14-21)34-27(12-20)40-25-16-32-29(33-17-25)36-7-3-2-4-8-36/h11-17,24H,2-10,18-19H2,1H3. The van der Waals surface area contributed by atoms with E-state index in [9.17, 15) is 4.79 Å². The molecule has 0 N–H and O–H groups in total. The Morgan fingerprint density at radius 1 is 0.950 bits per heavy atom. The highest BCUT2D eigenvalue weighted by Gasteiger charge is 2.22. The summed E-state index contributed by atoms with van der Waals surface area (Å²) < 4.78 is 16.5. The minimum atomic E-state index is -0.355. The molecule has 0 saturated carbocycles. The second-order valence-electron chi connectivity index (χ2n) is 10.1. The number of esters is 1. The molecule has 1 aromatic carbocycles. The molecule has 0 unspecified atom stereocenters. The van der Waals surface area contributed by atoms with Gasteiger partial charge in [-0.1, -0.05) is 23.2 Å². The van der Waals surface area contributed by atoms with E-state index in [0.29, 0.717) is 33.9 Å². The number of ether oxygens (including phenoxy) is 3. The second-order valence-corrected chi connectivity index (χ2v) is 11.0. The fourth-order valence-corrected chi connectivity index (χ4v) is 5.56. The fourth-order valence-electron chi connectivity index (χ4n) is 5.03. The molecular formula is C29H33Cl2N5O4. The van der Waals surface area contributed by atoms with Crippen molar-refractivity contribution < 1.29 is 19.0 Å². The van der Waals surface area contributed by atoms with Gasteiger partial charge in [-0.05, 0) is 61.9 Å². The topological polar surface area (TPSA) is 89.9 Å². The summed E-state index contributed by atoms with van der Waals surface area (Å²) in [6.07, 6.45) is 8.68. The monoisotopic (exact) mass is 585 g/mol. The summed E-state index contributed by atoms with van der Waals surface area (Å²) in [6.45, 7) is 4.33. The van der Waals surface area contributed by atoms with Gasteiger partial charge in [-0.3, -0.25) is 4.90 Å². The molecule has 2 fully saturated rings. The van der Waals surface area contributed by atoms with E-state index in [2.05, 4.69) is 24.5 Å². The maximum Gasteiger partial charge on any atom is 0.331 e. The van der Waals surface area contributed by atoms with Crippen LogP contribution in [0, 0.1) is 0 Å². The number of halogens is 2. The van der Waals surface area contributed by atoms with Crippen LogP contribution in [0.4, 0.5) is 5.95 Å². The molecular weight excluding hydrogens is 553 g/mol. The molecule has 0 spiro atoms. The van der Waals surface area contributed by atoms with E-state index in [4.69, 9.17) is 37.7 Å². The van der Waals surface area contributed by atoms with Crippen LogP contribution in [0.15, 0.2) is 42.7 Å². The second kappa shape index (κ2) is 13.6. The number of likely N-dealkylation sites (tertiary alicyclic amines) is 1. The van der Waals surface area contributed by atoms with Crippen LogP contribution in [-0.2, 0) is 20.8 Å². The van der Waals surface area contributed by atoms with E-state index in [-0.39, 0.29) is 18.7 Å². The highest BCUT2D eigenvalue weighted by Crippen LogP contribution is 2.31. The van der Waals surface area contributed by atoms with Gasteiger partial charge in [0, 0.05) is 54.4 Å². The van der Waals surface area contributed by atoms with Gasteiger partial charge < -0.3 is 19.1 Å². The van der Waals surface area contributed by atoms with Crippen LogP contribution in [-0.4, -0.2) is 71.8 Å². The molecule has 9 nitrogen and oxygen atoms in total. The van der Waals surface area contributed by atoms with E-state index in [1.165, 1.54) is 13.5 Å². The fraction of sp³-hybridized carbons (Fsp3) is 0.448. The smallest absolute Gasteiger partial charge is 0.331 e. The van der Waals surface area contributed by atoms with Crippen molar-refractivity contribution in [3.05, 3.63) is 58.3 Å². The van der Waals surface area contributed by atoms with Gasteiger partial charge in [0.05, 0.1) is 31.3 Å². The van der Waals surface area contributed by atoms with Crippen molar-refractivity contribution in [2.45, 2.75) is 44.8 Å². The van der Waals surface area contributed by atoms with Crippen molar-refractivity contribution in [3.63, 3.8) is 0 Å². The van der Waals surface area contributed by atoms with Gasteiger partial charge in [0.15, 0.2) is 5.75 Å². The molecule has 11 heteroatoms. The van der Waals surface area contributed by atoms with E-state index in [1.54, 1.807) is 18.5 Å². The van der Waals surface area contributed by atoms with E-state index < -0.39 is 0 Å². The molecule has 2 aliphatic rings. The Morgan fingerprint density at radius 3 is 2.33 bits per heavy atom. The summed E-state index contributed by atoms with van der Waals surface area (Å²) in [7, 11) is 1.37. The third kappa shape index (κ3) is 7.81. The number of piperidine rings is 2. The van der Waals surface area contributed by atoms with Crippen molar-refractivity contribution >= 4 is 35.1 Å². The molecule has 0 amide bonds. The Balaban J connectivity index is 1.31. The molecule has 0 radical (unpaired) electrons. The van der Waals surface area contributed by atoms with Gasteiger partial charge in [-0.2, -0.15) is 0 Å². The van der Waals surface area contributed by atoms with Crippen LogP contribution in [0.2, 0.25) is 10.0 Å². The molecule has 2 aliphatic heterocycles. The number of anilines is 1. The number of nitrogens with zero attached hydrogens (tertiary/aromatic N) is 5. The molecule has 4 heterocycles. The van der Waals surface area contributed by atoms with Crippen LogP contribution >= 0.6 is 23.2 Å². The first-order valence-electron chi connectivity index (χ1n) is 13.6. The lowest BCUT2D eigenvalue weighted by Gasteiger charge is -2.31. The number of carbonyl (C=O) groups is 1. The molecule has 3 aromatic rings. The normalized spacial score (nSPS) is 16.6. The average molecular weight is 587 g/mol. The van der Waals surface area contributed by atoms with Gasteiger partial charge in [0.25, 0.3) is 0 Å². The van der Waals surface area contributed by atoms with Crippen molar-refractivity contribution in [2.24, 2.45) is 0 Å². The third-order valence-electron chi connectivity index (χ3n) is 7.10. The number of pyridine rings is 1. The predicted molar refractivity (Wildman–Crippen MR) is 154 cm³/mol. The first-order valence-corrected chi connectivity index (χ1v) is 14.3. The van der Waals surface area contributed by atoms with Crippen LogP contribution in [0.5, 0.6) is 11.6 Å². The number of carbonyl (C=O) groups excluding carboxylic acids is 1. The number of hydrogen-bond donors (Lipinski definition) is 0. The van der Waals surface area contributed by atoms with Gasteiger partial charge in [0.2, 0.25) is 11.8 Å². The molecule has 2 aromatic heterocycles. The third-order valence-corrected chi connectivity index (χ3v) is 7.54. The lowest BCUT2D eigenvalue weighted by atomic mass is 10.1. The quantitative estimate of drug-likeness (QED) is 0.290. The van der Waals surface area contributed by atoms with Crippen LogP contribution in [0.25, 0.3) is 11.3 Å². The van der Waals surface area contributed by atoms with Gasteiger partial charge in [0.1, 0.15) is 6.61 Å². The van der Waals surface area contributed by atoms with E-state index in [0.717, 1.165) is 68.9 Å². The Kier molecular flexibility index (Phi) is 9.70. The summed E-state index contributed by atoms with van der Waals surface area (Å²) in [4.78, 5) is 29.8. The molecule has 40 heavy (non-hydrogen) atoms. The zero-order valence-electron chi connectivity index (χ0n) is 22.5. The zero-order valence-corrected chi connectivity index (χ0v) is 24.0. The summed E-state index contributed by atoms with van der Waals surface area (Å²) in [6, 6.07) is 9.34. The Hall–Kier alpha value is -2.98. The molecule has 0 atom stereocenters. The van der Waals surface area contributed by atoms with Crippen molar-refractivity contribution in [1.29, 1.82) is 0 Å². The average Bonchev–Trinajstić information content (AvgIpc) is 2.97. The van der Waals surface area contributed by atoms with Crippen molar-refractivity contribution in [3.8, 4) is 22.9 Å². The van der Waals surface area contributed by atoms with Crippen LogP contribution in [0.3, 0.4) is 0 Å². The van der Waals surface area contributed by atoms with E-state index in [1.807, 2.05) is 24.3 Å². The maximum absolute atomic E-state index is 11.4. The molecule has 0 aliphatic carbocycles. The highest BCUT2D eigenvalue weighted by atomic mass is 35.5. The van der Waals surface area contributed by atoms with Crippen LogP contribution in [0.1, 0.15) is 37.7 Å². The zero-order chi connectivity index (χ0) is 27.9. The first-order chi connectivity index (χ1) is 19.4. The summed E-state index contributed by atoms with van der Waals surface area (Å²) in [5.74, 6) is 1.33. The Labute approximate surface area is 244 Å². The van der Waals surface area contributed by atoms with Crippen LogP contribution < -0.4 is 9.64 Å². The Morgan fingerprint density at radius 2 is 1.65 bits per heavy atom. The van der Waals surface area contributed by atoms with Crippen molar-refractivity contribution in [2.75, 3.05) is 44.8 Å². The summed E-state index contributed by atoms with van der Waals surface area (Å²) in [5, 5.41) is 1.07. The first kappa shape index (κ1) is 28.5. The van der Waals surface area contributed by atoms with Gasteiger partial charge >= 0.3 is 5.97 Å². The molecule has 5 rings (SSSR count). The molecule has 2 saturated heterocycles. The SMILES string of the molecule is COC(=O)COC1CCN(Cc2cc(Oc3cnc(N4CCCCC4)nc3)nc(-c3cc(Cl)cc(Cl)c3)c2)CC1. The maximum atomic E-state index is 11.4. The number of rotatable bonds is 9. The Bertz CT molecular complexity index is 1280. The van der Waals surface area contributed by atoms with Crippen molar-refractivity contribution in [1.82, 2.24) is 19.9 Å².